The molecule has 6 heteroatoms. The standard InChI is InChI=1S/C21H26N4OS/c1-4-24(14-9-13-23(2)3)21(26)18-16-25(17-10-6-5-7-11-17)22-20(18)19-12-8-15-27-19/h5-8,10-12,15-16H,4,9,13-14H2,1-3H3. The maximum absolute atomic E-state index is 13.3. The van der Waals surface area contributed by atoms with Crippen LogP contribution in [0, 0.1) is 0 Å². The smallest absolute Gasteiger partial charge is 0.257 e. The predicted octanol–water partition coefficient (Wildman–Crippen LogP) is 4.01. The summed E-state index contributed by atoms with van der Waals surface area (Å²) in [6.45, 7) is 4.42. The first-order valence-electron chi connectivity index (χ1n) is 9.23. The van der Waals surface area contributed by atoms with Gasteiger partial charge in [-0.25, -0.2) is 4.68 Å². The minimum Gasteiger partial charge on any atom is -0.339 e. The summed E-state index contributed by atoms with van der Waals surface area (Å²) in [5.41, 5.74) is 2.36. The first-order chi connectivity index (χ1) is 13.1. The number of thiophene rings is 1. The summed E-state index contributed by atoms with van der Waals surface area (Å²) in [7, 11) is 4.10. The van der Waals surface area contributed by atoms with Crippen LogP contribution in [0.25, 0.3) is 16.3 Å². The van der Waals surface area contributed by atoms with Crippen LogP contribution in [0.4, 0.5) is 0 Å². The molecule has 1 aromatic carbocycles. The van der Waals surface area contributed by atoms with E-state index >= 15 is 0 Å². The highest BCUT2D eigenvalue weighted by atomic mass is 32.1. The Morgan fingerprint density at radius 2 is 1.89 bits per heavy atom. The first-order valence-corrected chi connectivity index (χ1v) is 10.1. The van der Waals surface area contributed by atoms with Crippen LogP contribution in [0.5, 0.6) is 0 Å². The van der Waals surface area contributed by atoms with Gasteiger partial charge in [-0.1, -0.05) is 24.3 Å². The minimum atomic E-state index is 0.0434. The van der Waals surface area contributed by atoms with E-state index in [9.17, 15) is 4.79 Å². The summed E-state index contributed by atoms with van der Waals surface area (Å²) in [6, 6.07) is 13.9. The lowest BCUT2D eigenvalue weighted by molar-refractivity contribution is 0.0760. The molecular formula is C21H26N4OS. The Kier molecular flexibility index (Phi) is 6.42. The van der Waals surface area contributed by atoms with E-state index in [1.165, 1.54) is 0 Å². The molecule has 142 valence electrons. The van der Waals surface area contributed by atoms with Crippen molar-refractivity contribution in [2.75, 3.05) is 33.7 Å². The average Bonchev–Trinajstić information content (AvgIpc) is 3.34. The second-order valence-electron chi connectivity index (χ2n) is 6.69. The lowest BCUT2D eigenvalue weighted by Crippen LogP contribution is -2.33. The molecule has 0 aliphatic heterocycles. The molecule has 0 saturated heterocycles. The van der Waals surface area contributed by atoms with Gasteiger partial charge in [-0.15, -0.1) is 11.3 Å². The van der Waals surface area contributed by atoms with E-state index in [0.717, 1.165) is 35.8 Å². The average molecular weight is 383 g/mol. The van der Waals surface area contributed by atoms with Gasteiger partial charge in [0.05, 0.1) is 16.1 Å². The van der Waals surface area contributed by atoms with Crippen LogP contribution in [0.3, 0.4) is 0 Å². The number of aromatic nitrogens is 2. The fourth-order valence-electron chi connectivity index (χ4n) is 2.99. The Bertz CT molecular complexity index is 856. The molecule has 3 rings (SSSR count). The van der Waals surface area contributed by atoms with Crippen molar-refractivity contribution in [3.8, 4) is 16.3 Å². The van der Waals surface area contributed by atoms with Crippen molar-refractivity contribution in [2.24, 2.45) is 0 Å². The highest BCUT2D eigenvalue weighted by molar-refractivity contribution is 7.13. The molecule has 3 aromatic rings. The number of carbonyl (C=O) groups is 1. The summed E-state index contributed by atoms with van der Waals surface area (Å²) >= 11 is 1.60. The second-order valence-corrected chi connectivity index (χ2v) is 7.64. The summed E-state index contributed by atoms with van der Waals surface area (Å²) < 4.78 is 1.80. The lowest BCUT2D eigenvalue weighted by Gasteiger charge is -2.21. The van der Waals surface area contributed by atoms with E-state index in [0.29, 0.717) is 12.1 Å². The van der Waals surface area contributed by atoms with Crippen LogP contribution in [0.15, 0.2) is 54.0 Å². The van der Waals surface area contributed by atoms with Gasteiger partial charge in [0.25, 0.3) is 5.91 Å². The molecule has 2 aromatic heterocycles. The molecule has 0 atom stereocenters. The van der Waals surface area contributed by atoms with Gasteiger partial charge in [0, 0.05) is 19.3 Å². The number of rotatable bonds is 8. The van der Waals surface area contributed by atoms with Gasteiger partial charge < -0.3 is 9.80 Å². The summed E-state index contributed by atoms with van der Waals surface area (Å²) in [5, 5.41) is 6.75. The quantitative estimate of drug-likeness (QED) is 0.591. The number of nitrogens with zero attached hydrogens (tertiary/aromatic N) is 4. The Labute approximate surface area is 164 Å². The fraction of sp³-hybridized carbons (Fsp3) is 0.333. The fourth-order valence-corrected chi connectivity index (χ4v) is 3.71. The Hall–Kier alpha value is -2.44. The number of carbonyl (C=O) groups excluding carboxylic acids is 1. The van der Waals surface area contributed by atoms with Crippen LogP contribution < -0.4 is 0 Å². The molecule has 0 radical (unpaired) electrons. The Balaban J connectivity index is 1.92. The van der Waals surface area contributed by atoms with Crippen molar-refractivity contribution in [3.63, 3.8) is 0 Å². The molecule has 0 aliphatic carbocycles. The third-order valence-electron chi connectivity index (χ3n) is 4.42. The maximum atomic E-state index is 13.3. The molecule has 0 bridgehead atoms. The molecule has 27 heavy (non-hydrogen) atoms. The van der Waals surface area contributed by atoms with E-state index in [1.54, 1.807) is 16.0 Å². The van der Waals surface area contributed by atoms with E-state index in [2.05, 4.69) is 19.0 Å². The van der Waals surface area contributed by atoms with Gasteiger partial charge >= 0.3 is 0 Å². The van der Waals surface area contributed by atoms with Crippen molar-refractivity contribution < 1.29 is 4.79 Å². The highest BCUT2D eigenvalue weighted by Crippen LogP contribution is 2.28. The van der Waals surface area contributed by atoms with Gasteiger partial charge in [-0.05, 0) is 57.6 Å². The zero-order valence-corrected chi connectivity index (χ0v) is 16.9. The van der Waals surface area contributed by atoms with Gasteiger partial charge in [0.2, 0.25) is 0 Å². The van der Waals surface area contributed by atoms with Crippen LogP contribution in [-0.4, -0.2) is 59.2 Å². The summed E-state index contributed by atoms with van der Waals surface area (Å²) in [5.74, 6) is 0.0434. The first kappa shape index (κ1) is 19.3. The van der Waals surface area contributed by atoms with Crippen LogP contribution in [0.1, 0.15) is 23.7 Å². The largest absolute Gasteiger partial charge is 0.339 e. The van der Waals surface area contributed by atoms with Gasteiger partial charge in [-0.3, -0.25) is 4.79 Å². The highest BCUT2D eigenvalue weighted by Gasteiger charge is 2.23. The van der Waals surface area contributed by atoms with E-state index in [-0.39, 0.29) is 5.91 Å². The normalized spacial score (nSPS) is 11.1. The Morgan fingerprint density at radius 1 is 1.11 bits per heavy atom. The van der Waals surface area contributed by atoms with Crippen molar-refractivity contribution in [1.29, 1.82) is 0 Å². The molecule has 0 spiro atoms. The number of amides is 1. The van der Waals surface area contributed by atoms with Crippen molar-refractivity contribution in [2.45, 2.75) is 13.3 Å². The van der Waals surface area contributed by atoms with E-state index in [1.807, 2.05) is 65.9 Å². The Morgan fingerprint density at radius 3 is 2.52 bits per heavy atom. The number of para-hydroxylation sites is 1. The molecular weight excluding hydrogens is 356 g/mol. The van der Waals surface area contributed by atoms with Gasteiger partial charge in [0.15, 0.2) is 0 Å². The van der Waals surface area contributed by atoms with Crippen molar-refractivity contribution in [3.05, 3.63) is 59.6 Å². The molecule has 2 heterocycles. The summed E-state index contributed by atoms with van der Waals surface area (Å²) in [6.07, 6.45) is 2.81. The van der Waals surface area contributed by atoms with Crippen LogP contribution in [0.2, 0.25) is 0 Å². The van der Waals surface area contributed by atoms with E-state index in [4.69, 9.17) is 5.10 Å². The lowest BCUT2D eigenvalue weighted by atomic mass is 10.2. The van der Waals surface area contributed by atoms with Crippen LogP contribution in [-0.2, 0) is 0 Å². The zero-order chi connectivity index (χ0) is 19.2. The van der Waals surface area contributed by atoms with Gasteiger partial charge in [-0.2, -0.15) is 5.10 Å². The molecule has 1 amide bonds. The third-order valence-corrected chi connectivity index (χ3v) is 5.30. The molecule has 0 N–H and O–H groups in total. The maximum Gasteiger partial charge on any atom is 0.257 e. The van der Waals surface area contributed by atoms with Gasteiger partial charge in [0.1, 0.15) is 5.69 Å². The monoisotopic (exact) mass is 382 g/mol. The predicted molar refractivity (Wildman–Crippen MR) is 112 cm³/mol. The number of benzene rings is 1. The number of hydrogen-bond acceptors (Lipinski definition) is 4. The number of hydrogen-bond donors (Lipinski definition) is 0. The SMILES string of the molecule is CCN(CCCN(C)C)C(=O)c1cn(-c2ccccc2)nc1-c1cccs1. The molecule has 0 saturated carbocycles. The van der Waals surface area contributed by atoms with Crippen molar-refractivity contribution >= 4 is 17.2 Å². The summed E-state index contributed by atoms with van der Waals surface area (Å²) in [4.78, 5) is 18.3. The van der Waals surface area contributed by atoms with Crippen molar-refractivity contribution in [1.82, 2.24) is 19.6 Å². The molecule has 5 nitrogen and oxygen atoms in total. The van der Waals surface area contributed by atoms with Crippen LogP contribution >= 0.6 is 11.3 Å². The van der Waals surface area contributed by atoms with E-state index < -0.39 is 0 Å². The molecule has 0 fully saturated rings. The topological polar surface area (TPSA) is 41.4 Å². The molecule has 0 aliphatic rings. The molecule has 0 unspecified atom stereocenters. The second kappa shape index (κ2) is 8.97. The third kappa shape index (κ3) is 4.64. The minimum absolute atomic E-state index is 0.0434. The zero-order valence-electron chi connectivity index (χ0n) is 16.1.